The van der Waals surface area contributed by atoms with Crippen molar-refractivity contribution >= 4 is 17.5 Å². The lowest BCUT2D eigenvalue weighted by molar-refractivity contribution is -0.116. The molecule has 14 heavy (non-hydrogen) atoms. The van der Waals surface area contributed by atoms with Gasteiger partial charge in [0.05, 0.1) is 0 Å². The number of pyridine rings is 1. The number of amides is 1. The van der Waals surface area contributed by atoms with Crippen molar-refractivity contribution in [3.63, 3.8) is 0 Å². The SMILES string of the molecule is C=C=CC(=O)NCc1ccc(Cl)nc1. The van der Waals surface area contributed by atoms with Gasteiger partial charge in [0.2, 0.25) is 0 Å². The van der Waals surface area contributed by atoms with E-state index in [4.69, 9.17) is 11.6 Å². The third kappa shape index (κ3) is 3.44. The average molecular weight is 209 g/mol. The first-order valence-corrected chi connectivity index (χ1v) is 4.34. The van der Waals surface area contributed by atoms with Gasteiger partial charge in [-0.1, -0.05) is 24.2 Å². The molecule has 0 atom stereocenters. The fourth-order valence-electron chi connectivity index (χ4n) is 0.844. The summed E-state index contributed by atoms with van der Waals surface area (Å²) < 4.78 is 0. The van der Waals surface area contributed by atoms with Crippen molar-refractivity contribution in [2.45, 2.75) is 6.54 Å². The highest BCUT2D eigenvalue weighted by Gasteiger charge is 1.96. The van der Waals surface area contributed by atoms with E-state index in [0.717, 1.165) is 5.56 Å². The number of carbonyl (C=O) groups excluding carboxylic acids is 1. The van der Waals surface area contributed by atoms with Crippen molar-refractivity contribution in [2.24, 2.45) is 0 Å². The normalized spacial score (nSPS) is 8.93. The summed E-state index contributed by atoms with van der Waals surface area (Å²) in [6.45, 7) is 3.71. The van der Waals surface area contributed by atoms with Gasteiger partial charge in [-0.15, -0.1) is 5.73 Å². The lowest BCUT2D eigenvalue weighted by Gasteiger charge is -2.00. The minimum absolute atomic E-state index is 0.227. The Hall–Kier alpha value is -1.57. The first kappa shape index (κ1) is 10.5. The van der Waals surface area contributed by atoms with Crippen LogP contribution in [0.3, 0.4) is 0 Å². The first-order valence-electron chi connectivity index (χ1n) is 3.96. The predicted molar refractivity (Wildman–Crippen MR) is 54.8 cm³/mol. The second-order valence-electron chi connectivity index (χ2n) is 2.56. The smallest absolute Gasteiger partial charge is 0.251 e. The van der Waals surface area contributed by atoms with Crippen molar-refractivity contribution in [1.29, 1.82) is 0 Å². The molecule has 4 heteroatoms. The zero-order valence-corrected chi connectivity index (χ0v) is 8.21. The van der Waals surface area contributed by atoms with Gasteiger partial charge in [-0.2, -0.15) is 0 Å². The van der Waals surface area contributed by atoms with Gasteiger partial charge in [0, 0.05) is 18.8 Å². The molecule has 0 aromatic carbocycles. The van der Waals surface area contributed by atoms with Gasteiger partial charge in [-0.25, -0.2) is 4.98 Å². The van der Waals surface area contributed by atoms with E-state index in [0.29, 0.717) is 11.7 Å². The molecule has 0 saturated carbocycles. The third-order valence-corrected chi connectivity index (χ3v) is 1.71. The van der Waals surface area contributed by atoms with E-state index >= 15 is 0 Å². The van der Waals surface area contributed by atoms with Crippen molar-refractivity contribution in [2.75, 3.05) is 0 Å². The Morgan fingerprint density at radius 1 is 1.71 bits per heavy atom. The molecule has 1 N–H and O–H groups in total. The molecule has 3 nitrogen and oxygen atoms in total. The summed E-state index contributed by atoms with van der Waals surface area (Å²) >= 11 is 5.60. The van der Waals surface area contributed by atoms with Gasteiger partial charge in [0.1, 0.15) is 5.15 Å². The zero-order chi connectivity index (χ0) is 10.4. The van der Waals surface area contributed by atoms with Crippen LogP contribution in [0.15, 0.2) is 36.7 Å². The molecule has 1 amide bonds. The van der Waals surface area contributed by atoms with E-state index in [1.165, 1.54) is 6.08 Å². The van der Waals surface area contributed by atoms with E-state index in [-0.39, 0.29) is 5.91 Å². The monoisotopic (exact) mass is 208 g/mol. The average Bonchev–Trinajstić information content (AvgIpc) is 2.17. The molecule has 1 heterocycles. The number of aromatic nitrogens is 1. The summed E-state index contributed by atoms with van der Waals surface area (Å²) in [6, 6.07) is 3.47. The Morgan fingerprint density at radius 3 is 3.07 bits per heavy atom. The number of nitrogens with zero attached hydrogens (tertiary/aromatic N) is 1. The molecule has 1 aromatic heterocycles. The minimum Gasteiger partial charge on any atom is -0.348 e. The van der Waals surface area contributed by atoms with Crippen LogP contribution >= 0.6 is 11.6 Å². The van der Waals surface area contributed by atoms with Gasteiger partial charge in [-0.3, -0.25) is 4.79 Å². The van der Waals surface area contributed by atoms with Crippen molar-refractivity contribution in [3.05, 3.63) is 47.4 Å². The molecular weight excluding hydrogens is 200 g/mol. The fourth-order valence-corrected chi connectivity index (χ4v) is 0.956. The Bertz CT molecular complexity index is 366. The van der Waals surface area contributed by atoms with Gasteiger partial charge in [-0.05, 0) is 11.6 Å². The van der Waals surface area contributed by atoms with E-state index in [1.54, 1.807) is 18.3 Å². The summed E-state index contributed by atoms with van der Waals surface area (Å²) in [4.78, 5) is 14.8. The maximum absolute atomic E-state index is 11.0. The molecule has 0 bridgehead atoms. The minimum atomic E-state index is -0.227. The summed E-state index contributed by atoms with van der Waals surface area (Å²) in [7, 11) is 0. The van der Waals surface area contributed by atoms with Crippen molar-refractivity contribution in [3.8, 4) is 0 Å². The van der Waals surface area contributed by atoms with E-state index in [1.807, 2.05) is 0 Å². The van der Waals surface area contributed by atoms with Crippen LogP contribution in [-0.2, 0) is 11.3 Å². The summed E-state index contributed by atoms with van der Waals surface area (Å²) in [5.41, 5.74) is 3.28. The van der Waals surface area contributed by atoms with Crippen LogP contribution in [0.4, 0.5) is 0 Å². The first-order chi connectivity index (χ1) is 6.72. The Balaban J connectivity index is 2.49. The Labute approximate surface area is 87.1 Å². The molecular formula is C10H9ClN2O. The van der Waals surface area contributed by atoms with Crippen LogP contribution in [-0.4, -0.2) is 10.9 Å². The number of hydrogen-bond acceptors (Lipinski definition) is 2. The van der Waals surface area contributed by atoms with Gasteiger partial charge >= 0.3 is 0 Å². The maximum Gasteiger partial charge on any atom is 0.251 e. The third-order valence-electron chi connectivity index (χ3n) is 1.49. The standard InChI is InChI=1S/C10H9ClN2O/c1-2-3-10(14)13-7-8-4-5-9(11)12-6-8/h3-6H,1,7H2,(H,13,14). The molecule has 0 aliphatic carbocycles. The second kappa shape index (κ2) is 5.22. The van der Waals surface area contributed by atoms with Crippen LogP contribution in [0.2, 0.25) is 5.15 Å². The van der Waals surface area contributed by atoms with Crippen LogP contribution in [0, 0.1) is 0 Å². The summed E-state index contributed by atoms with van der Waals surface area (Å²) in [5, 5.41) is 3.08. The highest BCUT2D eigenvalue weighted by Crippen LogP contribution is 2.04. The van der Waals surface area contributed by atoms with Gasteiger partial charge < -0.3 is 5.32 Å². The zero-order valence-electron chi connectivity index (χ0n) is 7.46. The van der Waals surface area contributed by atoms with Crippen LogP contribution in [0.1, 0.15) is 5.56 Å². The second-order valence-corrected chi connectivity index (χ2v) is 2.94. The molecule has 0 saturated heterocycles. The fraction of sp³-hybridized carbons (Fsp3) is 0.100. The predicted octanol–water partition coefficient (Wildman–Crippen LogP) is 1.69. The summed E-state index contributed by atoms with van der Waals surface area (Å²) in [5.74, 6) is -0.227. The lowest BCUT2D eigenvalue weighted by Crippen LogP contribution is -2.20. The molecule has 0 aliphatic heterocycles. The van der Waals surface area contributed by atoms with Crippen molar-refractivity contribution < 1.29 is 4.79 Å². The molecule has 0 radical (unpaired) electrons. The molecule has 1 rings (SSSR count). The quantitative estimate of drug-likeness (QED) is 0.467. The van der Waals surface area contributed by atoms with E-state index in [9.17, 15) is 4.79 Å². The van der Waals surface area contributed by atoms with E-state index in [2.05, 4.69) is 22.6 Å². The largest absolute Gasteiger partial charge is 0.348 e. The van der Waals surface area contributed by atoms with E-state index < -0.39 is 0 Å². The highest BCUT2D eigenvalue weighted by atomic mass is 35.5. The molecule has 0 aliphatic rings. The Kier molecular flexibility index (Phi) is 3.92. The maximum atomic E-state index is 11.0. The Morgan fingerprint density at radius 2 is 2.50 bits per heavy atom. The molecule has 0 fully saturated rings. The number of rotatable bonds is 3. The lowest BCUT2D eigenvalue weighted by atomic mass is 10.3. The number of hydrogen-bond donors (Lipinski definition) is 1. The van der Waals surface area contributed by atoms with Crippen LogP contribution in [0.5, 0.6) is 0 Å². The molecule has 72 valence electrons. The number of nitrogens with one attached hydrogen (secondary N) is 1. The summed E-state index contributed by atoms with van der Waals surface area (Å²) in [6.07, 6.45) is 2.85. The van der Waals surface area contributed by atoms with Crippen molar-refractivity contribution in [1.82, 2.24) is 10.3 Å². The number of carbonyl (C=O) groups is 1. The molecule has 0 spiro atoms. The van der Waals surface area contributed by atoms with Crippen LogP contribution in [0.25, 0.3) is 0 Å². The topological polar surface area (TPSA) is 42.0 Å². The molecule has 1 aromatic rings. The molecule has 0 unspecified atom stereocenters. The van der Waals surface area contributed by atoms with Gasteiger partial charge in [0.15, 0.2) is 0 Å². The highest BCUT2D eigenvalue weighted by molar-refractivity contribution is 6.29. The number of halogens is 1. The van der Waals surface area contributed by atoms with Crippen LogP contribution < -0.4 is 5.32 Å². The van der Waals surface area contributed by atoms with Gasteiger partial charge in [0.25, 0.3) is 5.91 Å².